The molecule has 198 valence electrons. The summed E-state index contributed by atoms with van der Waals surface area (Å²) in [5.74, 6) is 0.00454. The maximum atomic E-state index is 13.7. The van der Waals surface area contributed by atoms with Gasteiger partial charge in [-0.15, -0.1) is 0 Å². The molecule has 0 heterocycles. The Balaban J connectivity index is 1.90. The minimum absolute atomic E-state index is 0.00231. The second kappa shape index (κ2) is 11.5. The fourth-order valence-corrected chi connectivity index (χ4v) is 5.24. The SMILES string of the molecule is COc1ccc(CCNC(=O)CN(c2cccc(C(F)(F)F)c2)S(=O)(=O)c2cc(C)ccc2OC)cc1. The maximum absolute atomic E-state index is 13.7. The van der Waals surface area contributed by atoms with Crippen LogP contribution in [0, 0.1) is 6.92 Å². The summed E-state index contributed by atoms with van der Waals surface area (Å²) >= 11 is 0. The zero-order valence-corrected chi connectivity index (χ0v) is 21.3. The number of carbonyl (C=O) groups is 1. The van der Waals surface area contributed by atoms with Gasteiger partial charge in [-0.1, -0.05) is 24.3 Å². The Morgan fingerprint density at radius 2 is 1.68 bits per heavy atom. The largest absolute Gasteiger partial charge is 0.497 e. The number of methoxy groups -OCH3 is 2. The number of hydrogen-bond acceptors (Lipinski definition) is 5. The number of amides is 1. The summed E-state index contributed by atoms with van der Waals surface area (Å²) in [6, 6.07) is 15.5. The van der Waals surface area contributed by atoms with E-state index in [2.05, 4.69) is 5.32 Å². The van der Waals surface area contributed by atoms with Crippen LogP contribution in [0.3, 0.4) is 0 Å². The standard InChI is InChI=1S/C26H27F3N2O5S/c1-18-7-12-23(36-3)24(15-18)37(33,34)31(21-6-4-5-20(16-21)26(27,28)29)17-25(32)30-14-13-19-8-10-22(35-2)11-9-19/h4-12,15-16H,13-14,17H2,1-3H3,(H,30,32). The zero-order valence-electron chi connectivity index (χ0n) is 20.5. The first-order valence-corrected chi connectivity index (χ1v) is 12.6. The maximum Gasteiger partial charge on any atom is 0.416 e. The molecule has 11 heteroatoms. The summed E-state index contributed by atoms with van der Waals surface area (Å²) < 4.78 is 78.5. The van der Waals surface area contributed by atoms with Gasteiger partial charge < -0.3 is 14.8 Å². The molecule has 0 aromatic heterocycles. The quantitative estimate of drug-likeness (QED) is 0.410. The highest BCUT2D eigenvalue weighted by atomic mass is 32.2. The summed E-state index contributed by atoms with van der Waals surface area (Å²) in [6.45, 7) is 1.12. The molecule has 0 aliphatic heterocycles. The Morgan fingerprint density at radius 1 is 0.973 bits per heavy atom. The van der Waals surface area contributed by atoms with Gasteiger partial charge in [-0.25, -0.2) is 8.42 Å². The van der Waals surface area contributed by atoms with Crippen molar-refractivity contribution in [3.8, 4) is 11.5 Å². The lowest BCUT2D eigenvalue weighted by Gasteiger charge is -2.26. The summed E-state index contributed by atoms with van der Waals surface area (Å²) in [5, 5.41) is 2.64. The van der Waals surface area contributed by atoms with Crippen molar-refractivity contribution in [3.63, 3.8) is 0 Å². The summed E-state index contributed by atoms with van der Waals surface area (Å²) in [7, 11) is -1.67. The van der Waals surface area contributed by atoms with E-state index in [-0.39, 0.29) is 22.9 Å². The molecule has 0 radical (unpaired) electrons. The molecule has 0 unspecified atom stereocenters. The van der Waals surface area contributed by atoms with Crippen LogP contribution in [0.25, 0.3) is 0 Å². The minimum Gasteiger partial charge on any atom is -0.497 e. The van der Waals surface area contributed by atoms with E-state index in [1.807, 2.05) is 12.1 Å². The molecule has 1 amide bonds. The first-order valence-electron chi connectivity index (χ1n) is 11.2. The van der Waals surface area contributed by atoms with Crippen LogP contribution < -0.4 is 19.1 Å². The van der Waals surface area contributed by atoms with E-state index in [4.69, 9.17) is 9.47 Å². The summed E-state index contributed by atoms with van der Waals surface area (Å²) in [4.78, 5) is 12.5. The van der Waals surface area contributed by atoms with Crippen molar-refractivity contribution in [1.82, 2.24) is 5.32 Å². The molecule has 0 fully saturated rings. The predicted octanol–water partition coefficient (Wildman–Crippen LogP) is 4.59. The number of rotatable bonds is 10. The van der Waals surface area contributed by atoms with E-state index in [9.17, 15) is 26.4 Å². The van der Waals surface area contributed by atoms with Crippen molar-refractivity contribution in [1.29, 1.82) is 0 Å². The number of carbonyl (C=O) groups excluding carboxylic acids is 1. The highest BCUT2D eigenvalue weighted by Crippen LogP contribution is 2.35. The molecule has 0 atom stereocenters. The Bertz CT molecular complexity index is 1340. The third-order valence-electron chi connectivity index (χ3n) is 5.53. The number of aryl methyl sites for hydroxylation is 1. The smallest absolute Gasteiger partial charge is 0.416 e. The molecule has 1 N–H and O–H groups in total. The number of ether oxygens (including phenoxy) is 2. The molecular weight excluding hydrogens is 509 g/mol. The second-order valence-corrected chi connectivity index (χ2v) is 9.99. The molecule has 0 aliphatic carbocycles. The number of benzene rings is 3. The Hall–Kier alpha value is -3.73. The molecule has 0 bridgehead atoms. The van der Waals surface area contributed by atoms with E-state index < -0.39 is 34.2 Å². The molecule has 7 nitrogen and oxygen atoms in total. The third-order valence-corrected chi connectivity index (χ3v) is 7.33. The molecule has 0 saturated carbocycles. The molecule has 0 aliphatic rings. The van der Waals surface area contributed by atoms with E-state index in [0.29, 0.717) is 28.1 Å². The number of anilines is 1. The summed E-state index contributed by atoms with van der Waals surface area (Å²) in [6.07, 6.45) is -4.25. The van der Waals surface area contributed by atoms with Crippen LogP contribution in [0.1, 0.15) is 16.7 Å². The number of nitrogens with one attached hydrogen (secondary N) is 1. The molecule has 37 heavy (non-hydrogen) atoms. The van der Waals surface area contributed by atoms with Crippen LogP contribution in [-0.4, -0.2) is 41.6 Å². The lowest BCUT2D eigenvalue weighted by molar-refractivity contribution is -0.137. The average molecular weight is 537 g/mol. The van der Waals surface area contributed by atoms with Crippen LogP contribution >= 0.6 is 0 Å². The predicted molar refractivity (Wildman–Crippen MR) is 133 cm³/mol. The van der Waals surface area contributed by atoms with Gasteiger partial charge in [0.15, 0.2) is 0 Å². The van der Waals surface area contributed by atoms with Gasteiger partial charge in [-0.3, -0.25) is 9.10 Å². The third kappa shape index (κ3) is 6.94. The highest BCUT2D eigenvalue weighted by Gasteiger charge is 2.34. The van der Waals surface area contributed by atoms with Crippen molar-refractivity contribution in [2.75, 3.05) is 31.6 Å². The normalized spacial score (nSPS) is 11.6. The van der Waals surface area contributed by atoms with Crippen molar-refractivity contribution in [2.45, 2.75) is 24.4 Å². The van der Waals surface area contributed by atoms with Gasteiger partial charge in [0.1, 0.15) is 22.9 Å². The lowest BCUT2D eigenvalue weighted by Crippen LogP contribution is -2.41. The van der Waals surface area contributed by atoms with Crippen LogP contribution in [0.5, 0.6) is 11.5 Å². The number of sulfonamides is 1. The van der Waals surface area contributed by atoms with Gasteiger partial charge >= 0.3 is 6.18 Å². The molecule has 3 aromatic carbocycles. The van der Waals surface area contributed by atoms with Crippen molar-refractivity contribution < 1.29 is 35.9 Å². The van der Waals surface area contributed by atoms with Gasteiger partial charge in [0, 0.05) is 6.54 Å². The molecule has 0 spiro atoms. The van der Waals surface area contributed by atoms with Gasteiger partial charge in [-0.05, 0) is 66.9 Å². The van der Waals surface area contributed by atoms with Crippen LogP contribution in [0.2, 0.25) is 0 Å². The first kappa shape index (κ1) is 27.9. The van der Waals surface area contributed by atoms with Gasteiger partial charge in [0.25, 0.3) is 10.0 Å². The van der Waals surface area contributed by atoms with Crippen LogP contribution in [0.4, 0.5) is 18.9 Å². The minimum atomic E-state index is -4.70. The molecule has 3 rings (SSSR count). The van der Waals surface area contributed by atoms with Crippen LogP contribution in [-0.2, 0) is 27.4 Å². The van der Waals surface area contributed by atoms with Crippen molar-refractivity contribution in [2.24, 2.45) is 0 Å². The lowest BCUT2D eigenvalue weighted by atomic mass is 10.1. The average Bonchev–Trinajstić information content (AvgIpc) is 2.87. The first-order chi connectivity index (χ1) is 17.5. The highest BCUT2D eigenvalue weighted by molar-refractivity contribution is 7.93. The van der Waals surface area contributed by atoms with E-state index >= 15 is 0 Å². The van der Waals surface area contributed by atoms with E-state index in [0.717, 1.165) is 17.7 Å². The number of nitrogens with zero attached hydrogens (tertiary/aromatic N) is 1. The second-order valence-electron chi connectivity index (χ2n) is 8.16. The Kier molecular flexibility index (Phi) is 8.69. The van der Waals surface area contributed by atoms with Crippen molar-refractivity contribution in [3.05, 3.63) is 83.4 Å². The monoisotopic (exact) mass is 536 g/mol. The van der Waals surface area contributed by atoms with Gasteiger partial charge in [0.2, 0.25) is 5.91 Å². The Morgan fingerprint density at radius 3 is 2.30 bits per heavy atom. The molecule has 0 saturated heterocycles. The number of halogens is 3. The van der Waals surface area contributed by atoms with Crippen LogP contribution in [0.15, 0.2) is 71.6 Å². The molecule has 3 aromatic rings. The number of alkyl halides is 3. The topological polar surface area (TPSA) is 84.9 Å². The summed E-state index contributed by atoms with van der Waals surface area (Å²) in [5.41, 5.74) is 0.158. The van der Waals surface area contributed by atoms with E-state index in [1.54, 1.807) is 32.2 Å². The zero-order chi connectivity index (χ0) is 27.2. The molecular formula is C26H27F3N2O5S. The van der Waals surface area contributed by atoms with Crippen molar-refractivity contribution >= 4 is 21.6 Å². The number of hydrogen-bond donors (Lipinski definition) is 1. The fraction of sp³-hybridized carbons (Fsp3) is 0.269. The van der Waals surface area contributed by atoms with Gasteiger partial charge in [0.05, 0.1) is 25.5 Å². The van der Waals surface area contributed by atoms with E-state index in [1.165, 1.54) is 25.3 Å². The Labute approximate surface area is 213 Å². The fourth-order valence-electron chi connectivity index (χ4n) is 3.58. The van der Waals surface area contributed by atoms with Gasteiger partial charge in [-0.2, -0.15) is 13.2 Å².